The van der Waals surface area contributed by atoms with E-state index in [-0.39, 0.29) is 11.5 Å². The predicted octanol–water partition coefficient (Wildman–Crippen LogP) is 2.00. The first-order chi connectivity index (χ1) is 11.5. The molecule has 0 unspecified atom stereocenters. The van der Waals surface area contributed by atoms with E-state index >= 15 is 0 Å². The van der Waals surface area contributed by atoms with Crippen LogP contribution in [0.1, 0.15) is 43.2 Å². The summed E-state index contributed by atoms with van der Waals surface area (Å²) in [6.07, 6.45) is 2.44. The van der Waals surface area contributed by atoms with Crippen LogP contribution in [0.2, 0.25) is 0 Å². The van der Waals surface area contributed by atoms with Crippen molar-refractivity contribution in [2.45, 2.75) is 38.3 Å². The first-order valence-corrected chi connectivity index (χ1v) is 8.28. The predicted molar refractivity (Wildman–Crippen MR) is 85.8 cm³/mol. The number of benzene rings is 1. The van der Waals surface area contributed by atoms with E-state index in [2.05, 4.69) is 10.5 Å². The minimum absolute atomic E-state index is 0.0658. The van der Waals surface area contributed by atoms with Crippen molar-refractivity contribution in [3.05, 3.63) is 35.4 Å². The zero-order valence-corrected chi connectivity index (χ0v) is 13.5. The fourth-order valence-corrected chi connectivity index (χ4v) is 2.89. The Hall–Kier alpha value is -1.89. The molecular weight excluding hydrogens is 319 g/mol. The van der Waals surface area contributed by atoms with Crippen molar-refractivity contribution in [2.24, 2.45) is 5.10 Å². The third-order valence-corrected chi connectivity index (χ3v) is 4.13. The Balaban J connectivity index is 1.88. The molecule has 1 fully saturated rings. The molecular formula is C17H23F3N3O+. The maximum Gasteiger partial charge on any atom is 0.417 e. The van der Waals surface area contributed by atoms with Gasteiger partial charge in [-0.25, -0.2) is 5.43 Å². The van der Waals surface area contributed by atoms with Gasteiger partial charge >= 0.3 is 6.18 Å². The third kappa shape index (κ3) is 5.96. The Morgan fingerprint density at radius 3 is 2.42 bits per heavy atom. The highest BCUT2D eigenvalue weighted by Gasteiger charge is 2.32. The van der Waals surface area contributed by atoms with Crippen molar-refractivity contribution in [1.29, 1.82) is 0 Å². The molecule has 0 spiro atoms. The Kier molecular flexibility index (Phi) is 6.78. The minimum atomic E-state index is -4.44. The molecule has 0 atom stereocenters. The normalized spacial score (nSPS) is 17.5. The molecule has 1 aromatic rings. The molecule has 7 heteroatoms. The topological polar surface area (TPSA) is 45.9 Å². The first kappa shape index (κ1) is 18.4. The minimum Gasteiger partial charge on any atom is -0.327 e. The van der Waals surface area contributed by atoms with Gasteiger partial charge in [0.05, 0.1) is 24.9 Å². The molecule has 24 heavy (non-hydrogen) atoms. The average molecular weight is 342 g/mol. The second-order valence-electron chi connectivity index (χ2n) is 6.07. The molecule has 1 aliphatic rings. The molecule has 2 N–H and O–H groups in total. The molecule has 0 aromatic heterocycles. The molecule has 1 aliphatic heterocycles. The zero-order valence-electron chi connectivity index (χ0n) is 13.5. The summed E-state index contributed by atoms with van der Waals surface area (Å²) in [6.45, 7) is 2.21. The number of nitrogens with one attached hydrogen (secondary N) is 2. The molecule has 0 radical (unpaired) electrons. The second kappa shape index (κ2) is 8.82. The highest BCUT2D eigenvalue weighted by molar-refractivity contribution is 5.84. The first-order valence-electron chi connectivity index (χ1n) is 8.28. The molecule has 1 aromatic carbocycles. The van der Waals surface area contributed by atoms with E-state index in [9.17, 15) is 18.0 Å². The van der Waals surface area contributed by atoms with Crippen LogP contribution in [0.15, 0.2) is 29.4 Å². The number of halogens is 3. The second-order valence-corrected chi connectivity index (χ2v) is 6.07. The smallest absolute Gasteiger partial charge is 0.327 e. The molecule has 0 saturated carbocycles. The lowest BCUT2D eigenvalue weighted by Gasteiger charge is -2.20. The van der Waals surface area contributed by atoms with Gasteiger partial charge in [0.2, 0.25) is 0 Å². The van der Waals surface area contributed by atoms with Crippen molar-refractivity contribution in [2.75, 3.05) is 19.6 Å². The summed E-state index contributed by atoms with van der Waals surface area (Å²) in [6, 6.07) is 5.14. The molecule has 1 saturated heterocycles. The number of nitrogens with zero attached hydrogens (tertiary/aromatic N) is 1. The van der Waals surface area contributed by atoms with E-state index in [1.165, 1.54) is 42.4 Å². The number of likely N-dealkylation sites (tertiary alicyclic amines) is 1. The van der Waals surface area contributed by atoms with E-state index in [4.69, 9.17) is 0 Å². The van der Waals surface area contributed by atoms with Crippen LogP contribution < -0.4 is 10.3 Å². The van der Waals surface area contributed by atoms with E-state index in [1.54, 1.807) is 0 Å². The number of rotatable bonds is 4. The molecule has 2 rings (SSSR count). The van der Waals surface area contributed by atoms with Crippen LogP contribution in [0.25, 0.3) is 0 Å². The summed E-state index contributed by atoms with van der Waals surface area (Å²) in [7, 11) is 0. The molecule has 132 valence electrons. The average Bonchev–Trinajstić information content (AvgIpc) is 2.49. The summed E-state index contributed by atoms with van der Waals surface area (Å²) >= 11 is 0. The lowest BCUT2D eigenvalue weighted by Crippen LogP contribution is -3.13. The summed E-state index contributed by atoms with van der Waals surface area (Å²) in [5.41, 5.74) is 1.50. The number of amides is 1. The van der Waals surface area contributed by atoms with Crippen LogP contribution in [0.3, 0.4) is 0 Å². The Bertz CT molecular complexity index is 564. The number of hydrogen-bond acceptors (Lipinski definition) is 2. The monoisotopic (exact) mass is 342 g/mol. The quantitative estimate of drug-likeness (QED) is 0.638. The van der Waals surface area contributed by atoms with Crippen molar-refractivity contribution < 1.29 is 22.9 Å². The van der Waals surface area contributed by atoms with E-state index in [0.29, 0.717) is 6.54 Å². The standard InChI is InChI=1S/C17H22F3N3O/c18-17(19,20)15-9-5-4-8-14(15)12-21-22-16(24)13-23-10-6-2-1-3-7-11-23/h4-5,8-9,12H,1-3,6-7,10-11,13H2,(H,22,24)/p+1/b21-12-. The molecule has 1 heterocycles. The Labute approximate surface area is 139 Å². The van der Waals surface area contributed by atoms with Crippen LogP contribution in [0.5, 0.6) is 0 Å². The van der Waals surface area contributed by atoms with Crippen LogP contribution >= 0.6 is 0 Å². The highest BCUT2D eigenvalue weighted by Crippen LogP contribution is 2.30. The van der Waals surface area contributed by atoms with Crippen LogP contribution in [0, 0.1) is 0 Å². The van der Waals surface area contributed by atoms with Gasteiger partial charge in [0, 0.05) is 5.56 Å². The van der Waals surface area contributed by atoms with Crippen molar-refractivity contribution >= 4 is 12.1 Å². The van der Waals surface area contributed by atoms with Crippen LogP contribution in [-0.2, 0) is 11.0 Å². The fraction of sp³-hybridized carbons (Fsp3) is 0.529. The van der Waals surface area contributed by atoms with Crippen LogP contribution in [0.4, 0.5) is 13.2 Å². The van der Waals surface area contributed by atoms with E-state index in [0.717, 1.165) is 38.2 Å². The van der Waals surface area contributed by atoms with Crippen molar-refractivity contribution in [3.63, 3.8) is 0 Å². The van der Waals surface area contributed by atoms with Gasteiger partial charge in [-0.05, 0) is 31.7 Å². The number of hydrazone groups is 1. The highest BCUT2D eigenvalue weighted by atomic mass is 19.4. The zero-order chi connectivity index (χ0) is 17.4. The molecule has 1 amide bonds. The maximum absolute atomic E-state index is 12.9. The van der Waals surface area contributed by atoms with E-state index < -0.39 is 11.7 Å². The maximum atomic E-state index is 12.9. The van der Waals surface area contributed by atoms with Gasteiger partial charge in [0.15, 0.2) is 6.54 Å². The van der Waals surface area contributed by atoms with Crippen LogP contribution in [-0.4, -0.2) is 31.8 Å². The summed E-state index contributed by atoms with van der Waals surface area (Å²) in [5, 5.41) is 3.69. The summed E-state index contributed by atoms with van der Waals surface area (Å²) in [4.78, 5) is 13.1. The molecule has 0 aliphatic carbocycles. The van der Waals surface area contributed by atoms with Gasteiger partial charge in [0.25, 0.3) is 5.91 Å². The van der Waals surface area contributed by atoms with Crippen molar-refractivity contribution in [1.82, 2.24) is 5.43 Å². The number of carbonyl (C=O) groups is 1. The van der Waals surface area contributed by atoms with Gasteiger partial charge < -0.3 is 4.90 Å². The SMILES string of the molecule is O=C(C[NH+]1CCCCCCC1)N/N=C\c1ccccc1C(F)(F)F. The third-order valence-electron chi connectivity index (χ3n) is 4.13. The fourth-order valence-electron chi connectivity index (χ4n) is 2.89. The lowest BCUT2D eigenvalue weighted by molar-refractivity contribution is -0.893. The summed E-state index contributed by atoms with van der Waals surface area (Å²) in [5.74, 6) is -0.272. The van der Waals surface area contributed by atoms with Gasteiger partial charge in [-0.15, -0.1) is 0 Å². The Morgan fingerprint density at radius 2 is 1.75 bits per heavy atom. The van der Waals surface area contributed by atoms with Gasteiger partial charge in [-0.2, -0.15) is 18.3 Å². The van der Waals surface area contributed by atoms with Gasteiger partial charge in [-0.3, -0.25) is 4.79 Å². The largest absolute Gasteiger partial charge is 0.417 e. The van der Waals surface area contributed by atoms with Gasteiger partial charge in [-0.1, -0.05) is 24.6 Å². The molecule has 4 nitrogen and oxygen atoms in total. The number of quaternary nitrogens is 1. The van der Waals surface area contributed by atoms with Crippen molar-refractivity contribution in [3.8, 4) is 0 Å². The van der Waals surface area contributed by atoms with E-state index in [1.807, 2.05) is 0 Å². The number of carbonyl (C=O) groups excluding carboxylic acids is 1. The lowest BCUT2D eigenvalue weighted by atomic mass is 10.1. The number of alkyl halides is 3. The number of hydrogen-bond donors (Lipinski definition) is 2. The van der Waals surface area contributed by atoms with Gasteiger partial charge in [0.1, 0.15) is 0 Å². The Morgan fingerprint density at radius 1 is 1.12 bits per heavy atom. The summed E-state index contributed by atoms with van der Waals surface area (Å²) < 4.78 is 38.6. The molecule has 0 bridgehead atoms.